The van der Waals surface area contributed by atoms with E-state index in [1.165, 1.54) is 12.8 Å². The van der Waals surface area contributed by atoms with Gasteiger partial charge in [0, 0.05) is 6.42 Å². The fourth-order valence-electron chi connectivity index (χ4n) is 1.87. The summed E-state index contributed by atoms with van der Waals surface area (Å²) in [6.07, 6.45) is 7.11. The van der Waals surface area contributed by atoms with Gasteiger partial charge < -0.3 is 4.74 Å². The molecule has 1 aliphatic carbocycles. The van der Waals surface area contributed by atoms with Gasteiger partial charge in [-0.25, -0.2) is 0 Å². The van der Waals surface area contributed by atoms with Gasteiger partial charge in [-0.05, 0) is 39.0 Å². The van der Waals surface area contributed by atoms with Crippen LogP contribution in [0.15, 0.2) is 0 Å². The van der Waals surface area contributed by atoms with Crippen LogP contribution in [-0.2, 0) is 9.53 Å². The van der Waals surface area contributed by atoms with Crippen LogP contribution in [0.1, 0.15) is 45.4 Å². The number of ether oxygens (including phenoxy) is 1. The van der Waals surface area contributed by atoms with Crippen LogP contribution in [0.2, 0.25) is 6.32 Å². The zero-order valence-corrected chi connectivity index (χ0v) is 8.77. The van der Waals surface area contributed by atoms with Gasteiger partial charge in [-0.15, -0.1) is 0 Å². The van der Waals surface area contributed by atoms with Gasteiger partial charge in [0.25, 0.3) is 0 Å². The highest BCUT2D eigenvalue weighted by Crippen LogP contribution is 2.32. The van der Waals surface area contributed by atoms with Gasteiger partial charge in [0.1, 0.15) is 13.4 Å². The maximum Gasteiger partial charge on any atom is 0.306 e. The molecule has 0 aromatic heterocycles. The Hall–Kier alpha value is -0.465. The van der Waals surface area contributed by atoms with E-state index < -0.39 is 0 Å². The van der Waals surface area contributed by atoms with Crippen molar-refractivity contribution in [3.63, 3.8) is 0 Å². The van der Waals surface area contributed by atoms with E-state index in [0.29, 0.717) is 6.42 Å². The summed E-state index contributed by atoms with van der Waals surface area (Å²) in [7, 11) is 2.09. The molecule has 0 aromatic carbocycles. The zero-order valence-electron chi connectivity index (χ0n) is 8.77. The van der Waals surface area contributed by atoms with E-state index >= 15 is 0 Å². The lowest BCUT2D eigenvalue weighted by Gasteiger charge is -2.23. The zero-order chi connectivity index (χ0) is 9.73. The first-order valence-electron chi connectivity index (χ1n) is 5.38. The lowest BCUT2D eigenvalue weighted by Crippen LogP contribution is -2.27. The molecule has 0 atom stereocenters. The fraction of sp³-hybridized carbons (Fsp3) is 0.900. The third-order valence-electron chi connectivity index (χ3n) is 2.76. The average molecular weight is 182 g/mol. The minimum Gasteiger partial charge on any atom is -0.459 e. The van der Waals surface area contributed by atoms with Gasteiger partial charge in [-0.1, -0.05) is 6.32 Å². The van der Waals surface area contributed by atoms with E-state index in [4.69, 9.17) is 4.74 Å². The van der Waals surface area contributed by atoms with Crippen LogP contribution in [-0.4, -0.2) is 19.4 Å². The molecule has 0 radical (unpaired) electrons. The van der Waals surface area contributed by atoms with E-state index in [1.54, 1.807) is 0 Å². The van der Waals surface area contributed by atoms with Crippen molar-refractivity contribution < 1.29 is 9.53 Å². The number of esters is 1. The molecule has 0 aromatic rings. The van der Waals surface area contributed by atoms with Gasteiger partial charge in [0.05, 0.1) is 0 Å². The Labute approximate surface area is 81.4 Å². The minimum atomic E-state index is -0.134. The van der Waals surface area contributed by atoms with Gasteiger partial charge >= 0.3 is 5.97 Å². The van der Waals surface area contributed by atoms with Crippen LogP contribution in [0.5, 0.6) is 0 Å². The Bertz CT molecular complexity index is 174. The molecule has 74 valence electrons. The summed E-state index contributed by atoms with van der Waals surface area (Å²) in [6.45, 7) is 2.06. The van der Waals surface area contributed by atoms with Crippen molar-refractivity contribution in [3.05, 3.63) is 0 Å². The fourth-order valence-corrected chi connectivity index (χ4v) is 1.87. The van der Waals surface area contributed by atoms with Gasteiger partial charge in [-0.3, -0.25) is 4.79 Å². The highest BCUT2D eigenvalue weighted by Gasteiger charge is 2.32. The summed E-state index contributed by atoms with van der Waals surface area (Å²) in [5, 5.41) is 0. The molecule has 0 amide bonds. The molecule has 1 fully saturated rings. The predicted molar refractivity (Wildman–Crippen MR) is 55.6 cm³/mol. The third-order valence-corrected chi connectivity index (χ3v) is 2.76. The van der Waals surface area contributed by atoms with Crippen molar-refractivity contribution in [1.29, 1.82) is 0 Å². The summed E-state index contributed by atoms with van der Waals surface area (Å²) in [6, 6.07) is 0. The lowest BCUT2D eigenvalue weighted by molar-refractivity contribution is -0.157. The first-order valence-corrected chi connectivity index (χ1v) is 5.38. The molecule has 0 aliphatic heterocycles. The van der Waals surface area contributed by atoms with Crippen LogP contribution >= 0.6 is 0 Å². The van der Waals surface area contributed by atoms with Crippen molar-refractivity contribution in [2.45, 2.75) is 57.4 Å². The summed E-state index contributed by atoms with van der Waals surface area (Å²) < 4.78 is 5.46. The SMILES string of the molecule is BCCCC(=O)OC1(C)CCCC1. The molecular weight excluding hydrogens is 163 g/mol. The van der Waals surface area contributed by atoms with Crippen molar-refractivity contribution in [1.82, 2.24) is 0 Å². The minimum absolute atomic E-state index is 0.00810. The maximum atomic E-state index is 11.3. The van der Waals surface area contributed by atoms with Crippen LogP contribution in [0.3, 0.4) is 0 Å². The number of hydrogen-bond acceptors (Lipinski definition) is 2. The van der Waals surface area contributed by atoms with Crippen LogP contribution in [0.4, 0.5) is 0 Å². The predicted octanol–water partition coefficient (Wildman–Crippen LogP) is 1.69. The summed E-state index contributed by atoms with van der Waals surface area (Å²) in [5.74, 6) is -0.00810. The molecular formula is C10H19BO2. The van der Waals surface area contributed by atoms with Crippen molar-refractivity contribution in [3.8, 4) is 0 Å². The smallest absolute Gasteiger partial charge is 0.306 e. The Morgan fingerprint density at radius 2 is 2.08 bits per heavy atom. The molecule has 0 heterocycles. The molecule has 0 N–H and O–H groups in total. The molecule has 0 bridgehead atoms. The van der Waals surface area contributed by atoms with E-state index in [2.05, 4.69) is 14.8 Å². The largest absolute Gasteiger partial charge is 0.459 e. The Balaban J connectivity index is 2.26. The van der Waals surface area contributed by atoms with Gasteiger partial charge in [0.2, 0.25) is 0 Å². The maximum absolute atomic E-state index is 11.3. The number of hydrogen-bond donors (Lipinski definition) is 0. The first-order chi connectivity index (χ1) is 6.16. The van der Waals surface area contributed by atoms with Crippen LogP contribution in [0, 0.1) is 0 Å². The second kappa shape index (κ2) is 4.68. The van der Waals surface area contributed by atoms with E-state index in [-0.39, 0.29) is 11.6 Å². The van der Waals surface area contributed by atoms with E-state index in [9.17, 15) is 4.79 Å². The quantitative estimate of drug-likeness (QED) is 0.488. The summed E-state index contributed by atoms with van der Waals surface area (Å²) in [5.41, 5.74) is -0.134. The third kappa shape index (κ3) is 3.41. The van der Waals surface area contributed by atoms with Crippen molar-refractivity contribution in [2.24, 2.45) is 0 Å². The molecule has 3 heteroatoms. The number of rotatable bonds is 4. The monoisotopic (exact) mass is 182 g/mol. The van der Waals surface area contributed by atoms with Gasteiger partial charge in [0.15, 0.2) is 0 Å². The van der Waals surface area contributed by atoms with E-state index in [1.807, 2.05) is 0 Å². The highest BCUT2D eigenvalue weighted by atomic mass is 16.6. The second-order valence-corrected chi connectivity index (χ2v) is 4.23. The highest BCUT2D eigenvalue weighted by molar-refractivity contribution is 6.08. The van der Waals surface area contributed by atoms with Crippen LogP contribution in [0.25, 0.3) is 0 Å². The molecule has 1 aliphatic rings. The van der Waals surface area contributed by atoms with Gasteiger partial charge in [-0.2, -0.15) is 0 Å². The molecule has 1 rings (SSSR count). The molecule has 13 heavy (non-hydrogen) atoms. The molecule has 0 unspecified atom stereocenters. The van der Waals surface area contributed by atoms with Crippen molar-refractivity contribution >= 4 is 13.8 Å². The topological polar surface area (TPSA) is 26.3 Å². The number of carbonyl (C=O) groups excluding carboxylic acids is 1. The molecule has 0 saturated heterocycles. The molecule has 1 saturated carbocycles. The first kappa shape index (κ1) is 10.6. The summed E-state index contributed by atoms with van der Waals surface area (Å²) in [4.78, 5) is 11.3. The molecule has 2 nitrogen and oxygen atoms in total. The number of carbonyl (C=O) groups is 1. The Morgan fingerprint density at radius 1 is 1.46 bits per heavy atom. The average Bonchev–Trinajstić information content (AvgIpc) is 2.48. The Morgan fingerprint density at radius 3 is 2.62 bits per heavy atom. The van der Waals surface area contributed by atoms with Crippen LogP contribution < -0.4 is 0 Å². The Kier molecular flexibility index (Phi) is 3.82. The second-order valence-electron chi connectivity index (χ2n) is 4.23. The molecule has 0 spiro atoms. The summed E-state index contributed by atoms with van der Waals surface area (Å²) >= 11 is 0. The normalized spacial score (nSPS) is 20.1. The standard InChI is InChI=1S/C10H19BO2/c1-10(6-2-3-7-10)13-9(12)5-4-8-11/h2-8,11H2,1H3. The van der Waals surface area contributed by atoms with E-state index in [0.717, 1.165) is 25.6 Å². The van der Waals surface area contributed by atoms with Crippen molar-refractivity contribution in [2.75, 3.05) is 0 Å². The lowest BCUT2D eigenvalue weighted by atomic mass is 10.0.